The third-order valence-corrected chi connectivity index (χ3v) is 6.41. The molecule has 158 valence electrons. The van der Waals surface area contributed by atoms with Crippen molar-refractivity contribution in [3.63, 3.8) is 0 Å². The number of guanidine groups is 1. The van der Waals surface area contributed by atoms with Crippen LogP contribution < -0.4 is 27.1 Å². The summed E-state index contributed by atoms with van der Waals surface area (Å²) in [5.74, 6) is -0.706. The van der Waals surface area contributed by atoms with Gasteiger partial charge < -0.3 is 26.6 Å². The Morgan fingerprint density at radius 1 is 1.38 bits per heavy atom. The van der Waals surface area contributed by atoms with E-state index in [-0.39, 0.29) is 45.3 Å². The van der Waals surface area contributed by atoms with E-state index in [2.05, 4.69) is 20.2 Å². The monoisotopic (exact) mass is 462 g/mol. The Kier molecular flexibility index (Phi) is 7.47. The summed E-state index contributed by atoms with van der Waals surface area (Å²) in [4.78, 5) is 31.7. The van der Waals surface area contributed by atoms with E-state index in [1.54, 1.807) is 6.92 Å². The zero-order valence-corrected chi connectivity index (χ0v) is 17.6. The van der Waals surface area contributed by atoms with Gasteiger partial charge in [0.15, 0.2) is 0 Å². The molecule has 0 spiro atoms. The largest absolute Gasteiger partial charge is 0.391 e. The molecule has 0 atom stereocenters. The Bertz CT molecular complexity index is 1080. The lowest BCUT2D eigenvalue weighted by molar-refractivity contribution is -0.120. The molecule has 0 fully saturated rings. The first-order valence-corrected chi connectivity index (χ1v) is 10.7. The summed E-state index contributed by atoms with van der Waals surface area (Å²) in [5, 5.41) is 5.85. The van der Waals surface area contributed by atoms with Crippen LogP contribution in [0, 0.1) is 6.92 Å². The van der Waals surface area contributed by atoms with Crippen LogP contribution in [0.1, 0.15) is 11.3 Å². The van der Waals surface area contributed by atoms with E-state index in [1.807, 2.05) is 0 Å². The maximum Gasteiger partial charge on any atom is 0.272 e. The van der Waals surface area contributed by atoms with Crippen molar-refractivity contribution in [1.29, 1.82) is 0 Å². The highest BCUT2D eigenvalue weighted by molar-refractivity contribution is 7.94. The standard InChI is InChI=1S/C15H19ClN6O5S2/c1-8-6-9(7-11(23)19-4-5-27-21-15(17)18)13(14(24)20-8)22-29(25,26)12-3-2-10(16)28-12/h2-3,6,22H,4-5,7H2,1H3,(H,19,23)(H,20,24)(H4,17,18,21). The molecule has 0 radical (unpaired) electrons. The van der Waals surface area contributed by atoms with Crippen LogP contribution in [-0.2, 0) is 26.1 Å². The molecule has 2 heterocycles. The lowest BCUT2D eigenvalue weighted by atomic mass is 10.1. The molecule has 0 aliphatic heterocycles. The van der Waals surface area contributed by atoms with Crippen molar-refractivity contribution in [2.75, 3.05) is 17.9 Å². The van der Waals surface area contributed by atoms with Gasteiger partial charge >= 0.3 is 0 Å². The molecule has 0 aromatic carbocycles. The number of aromatic amines is 1. The number of nitrogens with one attached hydrogen (secondary N) is 3. The average Bonchev–Trinajstić information content (AvgIpc) is 3.05. The van der Waals surface area contributed by atoms with Crippen molar-refractivity contribution in [3.8, 4) is 0 Å². The second-order valence-electron chi connectivity index (χ2n) is 5.72. The van der Waals surface area contributed by atoms with Crippen LogP contribution in [0.3, 0.4) is 0 Å². The molecule has 14 heteroatoms. The van der Waals surface area contributed by atoms with Gasteiger partial charge in [-0.1, -0.05) is 11.6 Å². The number of halogens is 1. The molecule has 2 aromatic heterocycles. The van der Waals surface area contributed by atoms with E-state index in [1.165, 1.54) is 18.2 Å². The summed E-state index contributed by atoms with van der Waals surface area (Å²) >= 11 is 6.62. The van der Waals surface area contributed by atoms with Gasteiger partial charge in [-0.15, -0.1) is 11.3 Å². The van der Waals surface area contributed by atoms with Crippen LogP contribution in [-0.4, -0.2) is 38.4 Å². The summed E-state index contributed by atoms with van der Waals surface area (Å²) in [6.07, 6.45) is -0.240. The van der Waals surface area contributed by atoms with Crippen molar-refractivity contribution < 1.29 is 18.0 Å². The molecule has 2 aromatic rings. The maximum atomic E-state index is 12.5. The first-order chi connectivity index (χ1) is 13.6. The number of sulfonamides is 1. The summed E-state index contributed by atoms with van der Waals surface area (Å²) in [6.45, 7) is 1.74. The third kappa shape index (κ3) is 6.66. The molecule has 0 aliphatic carbocycles. The Balaban J connectivity index is 2.15. The van der Waals surface area contributed by atoms with Gasteiger partial charge in [0.1, 0.15) is 16.5 Å². The van der Waals surface area contributed by atoms with Gasteiger partial charge in [0.05, 0.1) is 17.3 Å². The molecule has 0 saturated carbocycles. The van der Waals surface area contributed by atoms with Crippen LogP contribution >= 0.6 is 22.9 Å². The van der Waals surface area contributed by atoms with Gasteiger partial charge in [0, 0.05) is 5.69 Å². The molecule has 0 aliphatic rings. The van der Waals surface area contributed by atoms with Crippen molar-refractivity contribution in [2.45, 2.75) is 17.6 Å². The molecular weight excluding hydrogens is 444 g/mol. The number of carbonyl (C=O) groups excluding carboxylic acids is 1. The topological polar surface area (TPSA) is 182 Å². The number of H-pyrrole nitrogens is 1. The number of thiophene rings is 1. The summed E-state index contributed by atoms with van der Waals surface area (Å²) in [6, 6.07) is 4.26. The van der Waals surface area contributed by atoms with E-state index in [9.17, 15) is 18.0 Å². The molecular formula is C15H19ClN6O5S2. The first-order valence-electron chi connectivity index (χ1n) is 8.07. The summed E-state index contributed by atoms with van der Waals surface area (Å²) in [7, 11) is -4.04. The molecule has 2 rings (SSSR count). The third-order valence-electron chi connectivity index (χ3n) is 3.34. The van der Waals surface area contributed by atoms with Crippen molar-refractivity contribution in [2.24, 2.45) is 16.6 Å². The molecule has 0 unspecified atom stereocenters. The lowest BCUT2D eigenvalue weighted by Gasteiger charge is -2.12. The van der Waals surface area contributed by atoms with Gasteiger partial charge in [-0.2, -0.15) is 0 Å². The van der Waals surface area contributed by atoms with Crippen LogP contribution in [0.5, 0.6) is 0 Å². The first kappa shape index (κ1) is 22.5. The molecule has 29 heavy (non-hydrogen) atoms. The van der Waals surface area contributed by atoms with E-state index in [0.717, 1.165) is 11.3 Å². The molecule has 0 saturated heterocycles. The lowest BCUT2D eigenvalue weighted by Crippen LogP contribution is -2.30. The zero-order valence-electron chi connectivity index (χ0n) is 15.2. The van der Waals surface area contributed by atoms with Gasteiger partial charge in [0.25, 0.3) is 15.6 Å². The Morgan fingerprint density at radius 2 is 2.10 bits per heavy atom. The highest BCUT2D eigenvalue weighted by atomic mass is 35.5. The van der Waals surface area contributed by atoms with Crippen molar-refractivity contribution >= 4 is 50.5 Å². The fraction of sp³-hybridized carbons (Fsp3) is 0.267. The summed E-state index contributed by atoms with van der Waals surface area (Å²) in [5.41, 5.74) is 9.95. The highest BCUT2D eigenvalue weighted by Gasteiger charge is 2.21. The number of anilines is 1. The highest BCUT2D eigenvalue weighted by Crippen LogP contribution is 2.27. The fourth-order valence-corrected chi connectivity index (χ4v) is 4.81. The fourth-order valence-electron chi connectivity index (χ4n) is 2.23. The number of amides is 1. The number of aryl methyl sites for hydroxylation is 1. The normalized spacial score (nSPS) is 11.0. The molecule has 0 bridgehead atoms. The van der Waals surface area contributed by atoms with E-state index >= 15 is 0 Å². The van der Waals surface area contributed by atoms with E-state index in [0.29, 0.717) is 5.69 Å². The second kappa shape index (κ2) is 9.62. The minimum absolute atomic E-state index is 0.0245. The van der Waals surface area contributed by atoms with Crippen molar-refractivity contribution in [3.05, 3.63) is 44.1 Å². The number of nitrogens with two attached hydrogens (primary N) is 2. The Labute approximate surface area is 175 Å². The second-order valence-corrected chi connectivity index (χ2v) is 9.35. The van der Waals surface area contributed by atoms with Crippen LogP contribution in [0.15, 0.2) is 32.4 Å². The zero-order chi connectivity index (χ0) is 21.6. The van der Waals surface area contributed by atoms with E-state index < -0.39 is 21.5 Å². The van der Waals surface area contributed by atoms with Gasteiger partial charge in [-0.25, -0.2) is 8.42 Å². The average molecular weight is 463 g/mol. The predicted octanol–water partition coefficient (Wildman–Crippen LogP) is 0.0627. The number of rotatable bonds is 9. The van der Waals surface area contributed by atoms with Crippen molar-refractivity contribution in [1.82, 2.24) is 10.3 Å². The minimum Gasteiger partial charge on any atom is -0.391 e. The molecule has 7 N–H and O–H groups in total. The quantitative estimate of drug-likeness (QED) is 0.151. The summed E-state index contributed by atoms with van der Waals surface area (Å²) < 4.78 is 27.5. The van der Waals surface area contributed by atoms with Gasteiger partial charge in [-0.05, 0) is 35.8 Å². The number of aromatic nitrogens is 1. The number of oxime groups is 1. The number of carbonyl (C=O) groups is 1. The van der Waals surface area contributed by atoms with Crippen LogP contribution in [0.2, 0.25) is 4.34 Å². The SMILES string of the molecule is Cc1cc(CC(=O)NCCON=C(N)N)c(NS(=O)(=O)c2ccc(Cl)s2)c(=O)[nH]1. The minimum atomic E-state index is -4.04. The number of hydrogen-bond donors (Lipinski definition) is 5. The van der Waals surface area contributed by atoms with Gasteiger partial charge in [-0.3, -0.25) is 14.3 Å². The number of hydrogen-bond acceptors (Lipinski definition) is 7. The molecule has 1 amide bonds. The molecule has 11 nitrogen and oxygen atoms in total. The predicted molar refractivity (Wildman–Crippen MR) is 110 cm³/mol. The maximum absolute atomic E-state index is 12.5. The number of nitrogens with zero attached hydrogens (tertiary/aromatic N) is 1. The van der Waals surface area contributed by atoms with Crippen LogP contribution in [0.25, 0.3) is 0 Å². The Morgan fingerprint density at radius 3 is 2.72 bits per heavy atom. The van der Waals surface area contributed by atoms with Crippen LogP contribution in [0.4, 0.5) is 5.69 Å². The van der Waals surface area contributed by atoms with Gasteiger partial charge in [0.2, 0.25) is 11.9 Å². The Hall–Kier alpha value is -2.77. The smallest absolute Gasteiger partial charge is 0.272 e. The number of pyridine rings is 1. The van der Waals surface area contributed by atoms with E-state index in [4.69, 9.17) is 27.9 Å².